The topological polar surface area (TPSA) is 57.4 Å². The number of nitrogens with zero attached hydrogens (tertiary/aromatic N) is 1. The standard InChI is InChI=1S/C14H16N2O2/c1-17-12-6-10(7-13(8-12)18-2)5-11-9-16-4-3-14(11)15/h3-4,6-9H,5H2,1-2H3,(H2,15,16). The Bertz CT molecular complexity index is 519. The summed E-state index contributed by atoms with van der Waals surface area (Å²) < 4.78 is 10.5. The number of methoxy groups -OCH3 is 2. The van der Waals surface area contributed by atoms with Crippen molar-refractivity contribution in [2.45, 2.75) is 6.42 Å². The second kappa shape index (κ2) is 5.40. The summed E-state index contributed by atoms with van der Waals surface area (Å²) in [7, 11) is 3.27. The van der Waals surface area contributed by atoms with Gasteiger partial charge in [-0.2, -0.15) is 0 Å². The van der Waals surface area contributed by atoms with Crippen LogP contribution in [0.5, 0.6) is 11.5 Å². The van der Waals surface area contributed by atoms with E-state index >= 15 is 0 Å². The highest BCUT2D eigenvalue weighted by Gasteiger charge is 2.05. The molecule has 0 spiro atoms. The molecule has 2 aromatic rings. The first-order chi connectivity index (χ1) is 8.72. The summed E-state index contributed by atoms with van der Waals surface area (Å²) in [5, 5.41) is 0. The van der Waals surface area contributed by atoms with E-state index in [2.05, 4.69) is 4.98 Å². The molecule has 0 aliphatic heterocycles. The molecular formula is C14H16N2O2. The molecule has 1 aromatic carbocycles. The first-order valence-electron chi connectivity index (χ1n) is 5.63. The molecular weight excluding hydrogens is 228 g/mol. The Kier molecular flexibility index (Phi) is 3.67. The average molecular weight is 244 g/mol. The monoisotopic (exact) mass is 244 g/mol. The van der Waals surface area contributed by atoms with Gasteiger partial charge in [0.1, 0.15) is 11.5 Å². The third-order valence-corrected chi connectivity index (χ3v) is 2.75. The smallest absolute Gasteiger partial charge is 0.122 e. The van der Waals surface area contributed by atoms with Crippen LogP contribution in [-0.2, 0) is 6.42 Å². The predicted octanol–water partition coefficient (Wildman–Crippen LogP) is 2.27. The van der Waals surface area contributed by atoms with Crippen LogP contribution in [0.25, 0.3) is 0 Å². The van der Waals surface area contributed by atoms with Gasteiger partial charge in [-0.1, -0.05) is 0 Å². The van der Waals surface area contributed by atoms with Crippen LogP contribution >= 0.6 is 0 Å². The lowest BCUT2D eigenvalue weighted by atomic mass is 10.0. The lowest BCUT2D eigenvalue weighted by molar-refractivity contribution is 0.393. The molecule has 0 atom stereocenters. The highest BCUT2D eigenvalue weighted by Crippen LogP contribution is 2.25. The zero-order valence-electron chi connectivity index (χ0n) is 10.5. The van der Waals surface area contributed by atoms with E-state index in [0.29, 0.717) is 6.42 Å². The average Bonchev–Trinajstić information content (AvgIpc) is 2.41. The number of rotatable bonds is 4. The lowest BCUT2D eigenvalue weighted by Crippen LogP contribution is -1.97. The number of hydrogen-bond donors (Lipinski definition) is 1. The molecule has 0 saturated heterocycles. The van der Waals surface area contributed by atoms with Crippen LogP contribution < -0.4 is 15.2 Å². The Balaban J connectivity index is 2.31. The fourth-order valence-electron chi connectivity index (χ4n) is 1.77. The largest absolute Gasteiger partial charge is 0.497 e. The van der Waals surface area contributed by atoms with Gasteiger partial charge in [-0.05, 0) is 29.3 Å². The number of hydrogen-bond acceptors (Lipinski definition) is 4. The molecule has 2 N–H and O–H groups in total. The van der Waals surface area contributed by atoms with Gasteiger partial charge in [-0.3, -0.25) is 4.98 Å². The first-order valence-corrected chi connectivity index (χ1v) is 5.63. The summed E-state index contributed by atoms with van der Waals surface area (Å²) in [5.41, 5.74) is 8.72. The van der Waals surface area contributed by atoms with Gasteiger partial charge in [0, 0.05) is 30.6 Å². The minimum atomic E-state index is 0.702. The van der Waals surface area contributed by atoms with E-state index in [1.54, 1.807) is 32.7 Å². The van der Waals surface area contributed by atoms with Gasteiger partial charge in [0.15, 0.2) is 0 Å². The maximum atomic E-state index is 5.91. The molecule has 0 unspecified atom stereocenters. The maximum Gasteiger partial charge on any atom is 0.122 e. The summed E-state index contributed by atoms with van der Waals surface area (Å²) >= 11 is 0. The highest BCUT2D eigenvalue weighted by atomic mass is 16.5. The molecule has 0 amide bonds. The first kappa shape index (κ1) is 12.2. The van der Waals surface area contributed by atoms with E-state index in [4.69, 9.17) is 15.2 Å². The van der Waals surface area contributed by atoms with Crippen molar-refractivity contribution in [3.05, 3.63) is 47.8 Å². The Morgan fingerprint density at radius 2 is 1.78 bits per heavy atom. The van der Waals surface area contributed by atoms with Crippen LogP contribution in [0.3, 0.4) is 0 Å². The summed E-state index contributed by atoms with van der Waals surface area (Å²) in [6.07, 6.45) is 4.17. The van der Waals surface area contributed by atoms with E-state index in [1.807, 2.05) is 18.2 Å². The van der Waals surface area contributed by atoms with Crippen LogP contribution in [0.2, 0.25) is 0 Å². The van der Waals surface area contributed by atoms with Crippen LogP contribution in [0.1, 0.15) is 11.1 Å². The van der Waals surface area contributed by atoms with Crippen LogP contribution in [0.15, 0.2) is 36.7 Å². The van der Waals surface area contributed by atoms with Crippen molar-refractivity contribution in [1.82, 2.24) is 4.98 Å². The Morgan fingerprint density at radius 1 is 1.11 bits per heavy atom. The molecule has 0 fully saturated rings. The van der Waals surface area contributed by atoms with Crippen molar-refractivity contribution in [1.29, 1.82) is 0 Å². The van der Waals surface area contributed by atoms with Gasteiger partial charge >= 0.3 is 0 Å². The molecule has 0 saturated carbocycles. The second-order valence-electron chi connectivity index (χ2n) is 3.97. The molecule has 2 rings (SSSR count). The fraction of sp³-hybridized carbons (Fsp3) is 0.214. The number of anilines is 1. The van der Waals surface area contributed by atoms with E-state index in [1.165, 1.54) is 0 Å². The summed E-state index contributed by atoms with van der Waals surface area (Å²) in [5.74, 6) is 1.54. The molecule has 1 heterocycles. The van der Waals surface area contributed by atoms with Crippen LogP contribution in [-0.4, -0.2) is 19.2 Å². The molecule has 18 heavy (non-hydrogen) atoms. The Hall–Kier alpha value is -2.23. The van der Waals surface area contributed by atoms with Gasteiger partial charge in [0.05, 0.1) is 14.2 Å². The highest BCUT2D eigenvalue weighted by molar-refractivity contribution is 5.48. The van der Waals surface area contributed by atoms with Gasteiger partial charge in [-0.25, -0.2) is 0 Å². The minimum Gasteiger partial charge on any atom is -0.497 e. The zero-order valence-corrected chi connectivity index (χ0v) is 10.5. The number of benzene rings is 1. The van der Waals surface area contributed by atoms with E-state index in [-0.39, 0.29) is 0 Å². The molecule has 1 aromatic heterocycles. The van der Waals surface area contributed by atoms with Crippen molar-refractivity contribution in [2.24, 2.45) is 0 Å². The Morgan fingerprint density at radius 3 is 2.33 bits per heavy atom. The van der Waals surface area contributed by atoms with Crippen molar-refractivity contribution in [3.8, 4) is 11.5 Å². The molecule has 0 aliphatic carbocycles. The van der Waals surface area contributed by atoms with Crippen molar-refractivity contribution < 1.29 is 9.47 Å². The van der Waals surface area contributed by atoms with Gasteiger partial charge in [-0.15, -0.1) is 0 Å². The van der Waals surface area contributed by atoms with Gasteiger partial charge < -0.3 is 15.2 Å². The normalized spacial score (nSPS) is 10.1. The summed E-state index contributed by atoms with van der Waals surface area (Å²) in [6, 6.07) is 7.58. The number of nitrogen functional groups attached to an aromatic ring is 1. The second-order valence-corrected chi connectivity index (χ2v) is 3.97. The Labute approximate surface area is 106 Å². The van der Waals surface area contributed by atoms with E-state index < -0.39 is 0 Å². The number of aromatic nitrogens is 1. The third-order valence-electron chi connectivity index (χ3n) is 2.75. The molecule has 0 bridgehead atoms. The maximum absolute atomic E-state index is 5.91. The minimum absolute atomic E-state index is 0.702. The lowest BCUT2D eigenvalue weighted by Gasteiger charge is -2.09. The fourth-order valence-corrected chi connectivity index (χ4v) is 1.77. The molecule has 0 radical (unpaired) electrons. The predicted molar refractivity (Wildman–Crippen MR) is 71.0 cm³/mol. The van der Waals surface area contributed by atoms with Crippen LogP contribution in [0.4, 0.5) is 5.69 Å². The number of pyridine rings is 1. The van der Waals surface area contributed by atoms with E-state index in [0.717, 1.165) is 28.3 Å². The van der Waals surface area contributed by atoms with Crippen LogP contribution in [0, 0.1) is 0 Å². The summed E-state index contributed by atoms with van der Waals surface area (Å²) in [6.45, 7) is 0. The van der Waals surface area contributed by atoms with Crippen molar-refractivity contribution in [2.75, 3.05) is 20.0 Å². The third kappa shape index (κ3) is 2.71. The van der Waals surface area contributed by atoms with E-state index in [9.17, 15) is 0 Å². The zero-order chi connectivity index (χ0) is 13.0. The van der Waals surface area contributed by atoms with Gasteiger partial charge in [0.2, 0.25) is 0 Å². The quantitative estimate of drug-likeness (QED) is 0.896. The van der Waals surface area contributed by atoms with Gasteiger partial charge in [0.25, 0.3) is 0 Å². The molecule has 4 nitrogen and oxygen atoms in total. The number of nitrogens with two attached hydrogens (primary N) is 1. The van der Waals surface area contributed by atoms with Crippen molar-refractivity contribution in [3.63, 3.8) is 0 Å². The molecule has 4 heteroatoms. The summed E-state index contributed by atoms with van der Waals surface area (Å²) in [4.78, 5) is 4.08. The van der Waals surface area contributed by atoms with Crippen molar-refractivity contribution >= 4 is 5.69 Å². The number of ether oxygens (including phenoxy) is 2. The molecule has 0 aliphatic rings. The SMILES string of the molecule is COc1cc(Cc2cnccc2N)cc(OC)c1. The molecule has 94 valence electrons.